The van der Waals surface area contributed by atoms with Gasteiger partial charge in [0.2, 0.25) is 0 Å². The summed E-state index contributed by atoms with van der Waals surface area (Å²) in [6.45, 7) is 5.02. The van der Waals surface area contributed by atoms with Gasteiger partial charge in [0.1, 0.15) is 0 Å². The van der Waals surface area contributed by atoms with Gasteiger partial charge in [-0.15, -0.1) is 0 Å². The van der Waals surface area contributed by atoms with Gasteiger partial charge in [-0.3, -0.25) is 4.79 Å². The number of carboxylic acid groups (broad SMARTS) is 1. The lowest BCUT2D eigenvalue weighted by Crippen LogP contribution is -2.33. The van der Waals surface area contributed by atoms with Crippen LogP contribution in [0.5, 0.6) is 0 Å². The SMILES string of the molecule is CC12CC3CC(c4ccc(NC(=O)c5ccc(Nc6ccccc6C(=O)O)cc5)cc4)(C1)CC2(C)C3. The zero-order valence-corrected chi connectivity index (χ0v) is 20.8. The molecule has 3 aromatic rings. The average Bonchev–Trinajstić information content (AvgIpc) is 3.12. The monoisotopic (exact) mass is 480 g/mol. The number of carbonyl (C=O) groups excluding carboxylic acids is 1. The molecule has 4 bridgehead atoms. The highest BCUT2D eigenvalue weighted by molar-refractivity contribution is 6.04. The number of rotatable bonds is 6. The Hall–Kier alpha value is -3.60. The van der Waals surface area contributed by atoms with Crippen molar-refractivity contribution in [3.05, 3.63) is 89.5 Å². The average molecular weight is 481 g/mol. The van der Waals surface area contributed by atoms with Gasteiger partial charge in [0, 0.05) is 16.9 Å². The van der Waals surface area contributed by atoms with Crippen molar-refractivity contribution in [2.75, 3.05) is 10.6 Å². The van der Waals surface area contributed by atoms with Crippen molar-refractivity contribution >= 4 is 28.9 Å². The van der Waals surface area contributed by atoms with Crippen LogP contribution >= 0.6 is 0 Å². The lowest BCUT2D eigenvalue weighted by molar-refractivity contribution is 0.0697. The van der Waals surface area contributed by atoms with Crippen LogP contribution in [-0.4, -0.2) is 17.0 Å². The normalized spacial score (nSPS) is 29.8. The highest BCUT2D eigenvalue weighted by atomic mass is 16.4. The minimum absolute atomic E-state index is 0.168. The van der Waals surface area contributed by atoms with Crippen molar-refractivity contribution in [1.82, 2.24) is 0 Å². The number of carboxylic acids is 1. The van der Waals surface area contributed by atoms with Crippen molar-refractivity contribution < 1.29 is 14.7 Å². The maximum Gasteiger partial charge on any atom is 0.337 e. The van der Waals surface area contributed by atoms with E-state index in [4.69, 9.17) is 0 Å². The summed E-state index contributed by atoms with van der Waals surface area (Å²) in [4.78, 5) is 24.3. The number of anilines is 3. The van der Waals surface area contributed by atoms with E-state index in [0.29, 0.717) is 33.2 Å². The zero-order chi connectivity index (χ0) is 25.1. The molecule has 4 aliphatic carbocycles. The van der Waals surface area contributed by atoms with Gasteiger partial charge in [-0.05, 0) is 108 Å². The van der Waals surface area contributed by atoms with Gasteiger partial charge in [0.05, 0.1) is 11.3 Å². The minimum Gasteiger partial charge on any atom is -0.478 e. The Labute approximate surface area is 211 Å². The van der Waals surface area contributed by atoms with E-state index < -0.39 is 5.97 Å². The zero-order valence-electron chi connectivity index (χ0n) is 20.8. The van der Waals surface area contributed by atoms with Crippen LogP contribution in [0.4, 0.5) is 17.1 Å². The van der Waals surface area contributed by atoms with Crippen LogP contribution in [0, 0.1) is 16.7 Å². The van der Waals surface area contributed by atoms with Gasteiger partial charge in [0.25, 0.3) is 5.91 Å². The van der Waals surface area contributed by atoms with Crippen molar-refractivity contribution in [2.24, 2.45) is 16.7 Å². The van der Waals surface area contributed by atoms with Crippen LogP contribution in [0.2, 0.25) is 0 Å². The summed E-state index contributed by atoms with van der Waals surface area (Å²) in [7, 11) is 0. The van der Waals surface area contributed by atoms with Gasteiger partial charge in [-0.25, -0.2) is 4.79 Å². The molecule has 0 radical (unpaired) electrons. The Morgan fingerprint density at radius 2 is 1.42 bits per heavy atom. The highest BCUT2D eigenvalue weighted by Crippen LogP contribution is 2.76. The van der Waals surface area contributed by atoms with E-state index >= 15 is 0 Å². The fourth-order valence-electron chi connectivity index (χ4n) is 7.88. The fourth-order valence-corrected chi connectivity index (χ4v) is 7.88. The van der Waals surface area contributed by atoms with Crippen LogP contribution in [0.1, 0.15) is 72.2 Å². The minimum atomic E-state index is -0.990. The third-order valence-corrected chi connectivity index (χ3v) is 9.41. The lowest BCUT2D eigenvalue weighted by atomic mass is 9.63. The van der Waals surface area contributed by atoms with Crippen LogP contribution in [0.25, 0.3) is 0 Å². The summed E-state index contributed by atoms with van der Waals surface area (Å²) in [6, 6.07) is 22.3. The van der Waals surface area contributed by atoms with E-state index in [1.807, 2.05) is 12.1 Å². The first-order valence-corrected chi connectivity index (χ1v) is 12.8. The van der Waals surface area contributed by atoms with E-state index in [0.717, 1.165) is 11.6 Å². The maximum atomic E-state index is 12.9. The molecule has 3 N–H and O–H groups in total. The molecule has 2 unspecified atom stereocenters. The Kier molecular flexibility index (Phi) is 5.05. The maximum absolute atomic E-state index is 12.9. The molecule has 4 aliphatic rings. The molecular weight excluding hydrogens is 448 g/mol. The third-order valence-electron chi connectivity index (χ3n) is 9.41. The number of benzene rings is 3. The second kappa shape index (κ2) is 7.95. The topological polar surface area (TPSA) is 78.4 Å². The van der Waals surface area contributed by atoms with Crippen LogP contribution in [0.15, 0.2) is 72.8 Å². The number of amides is 1. The largest absolute Gasteiger partial charge is 0.478 e. The van der Waals surface area contributed by atoms with Gasteiger partial charge >= 0.3 is 5.97 Å². The molecule has 1 amide bonds. The second-order valence-corrected chi connectivity index (χ2v) is 11.8. The number of hydrogen-bond donors (Lipinski definition) is 3. The van der Waals surface area contributed by atoms with Gasteiger partial charge in [-0.2, -0.15) is 0 Å². The number of nitrogens with one attached hydrogen (secondary N) is 2. The Morgan fingerprint density at radius 3 is 2.03 bits per heavy atom. The molecule has 4 fully saturated rings. The summed E-state index contributed by atoms with van der Waals surface area (Å²) < 4.78 is 0. The van der Waals surface area contributed by atoms with Gasteiger partial charge in [0.15, 0.2) is 0 Å². The van der Waals surface area contributed by atoms with Crippen molar-refractivity contribution in [1.29, 1.82) is 0 Å². The fraction of sp³-hybridized carbons (Fsp3) is 0.355. The predicted molar refractivity (Wildman–Crippen MR) is 142 cm³/mol. The molecule has 3 aromatic carbocycles. The number of hydrogen-bond acceptors (Lipinski definition) is 3. The number of para-hydroxylation sites is 1. The molecule has 184 valence electrons. The van der Waals surface area contributed by atoms with Crippen molar-refractivity contribution in [2.45, 2.75) is 51.4 Å². The molecule has 2 atom stereocenters. The first-order chi connectivity index (χ1) is 17.2. The van der Waals surface area contributed by atoms with Gasteiger partial charge in [-0.1, -0.05) is 38.1 Å². The first kappa shape index (κ1) is 22.8. The lowest BCUT2D eigenvalue weighted by Gasteiger charge is -2.41. The van der Waals surface area contributed by atoms with Crippen LogP contribution in [-0.2, 0) is 5.41 Å². The molecular formula is C31H32N2O3. The smallest absolute Gasteiger partial charge is 0.337 e. The molecule has 7 rings (SSSR count). The molecule has 0 spiro atoms. The summed E-state index contributed by atoms with van der Waals surface area (Å²) in [5, 5.41) is 15.5. The molecule has 5 nitrogen and oxygen atoms in total. The van der Waals surface area contributed by atoms with E-state index in [-0.39, 0.29) is 11.5 Å². The first-order valence-electron chi connectivity index (χ1n) is 12.8. The summed E-state index contributed by atoms with van der Waals surface area (Å²) in [5.41, 5.74) is 5.43. The summed E-state index contributed by atoms with van der Waals surface area (Å²) >= 11 is 0. The third kappa shape index (κ3) is 3.60. The molecule has 4 saturated carbocycles. The number of carbonyl (C=O) groups is 2. The molecule has 36 heavy (non-hydrogen) atoms. The van der Waals surface area contributed by atoms with E-state index in [2.05, 4.69) is 36.6 Å². The standard InChI is InChI=1S/C31H32N2O3/c1-29-15-20-16-30(29,2)19-31(17-20,18-29)22-9-13-24(14-10-22)33-27(34)21-7-11-23(12-8-21)32-26-6-4-3-5-25(26)28(35)36/h3-14,20,32H,15-19H2,1-2H3,(H,33,34)(H,35,36). The molecule has 5 heteroatoms. The molecule has 0 saturated heterocycles. The Morgan fingerprint density at radius 1 is 0.806 bits per heavy atom. The van der Waals surface area contributed by atoms with Crippen molar-refractivity contribution in [3.8, 4) is 0 Å². The highest BCUT2D eigenvalue weighted by Gasteiger charge is 2.67. The van der Waals surface area contributed by atoms with Gasteiger partial charge < -0.3 is 15.7 Å². The van der Waals surface area contributed by atoms with E-state index in [9.17, 15) is 14.7 Å². The Bertz CT molecular complexity index is 1330. The van der Waals surface area contributed by atoms with Crippen LogP contribution < -0.4 is 10.6 Å². The summed E-state index contributed by atoms with van der Waals surface area (Å²) in [5.74, 6) is -0.300. The molecule has 0 aliphatic heterocycles. The quantitative estimate of drug-likeness (QED) is 0.347. The Balaban J connectivity index is 1.13. The molecule has 0 heterocycles. The van der Waals surface area contributed by atoms with E-state index in [1.165, 1.54) is 37.7 Å². The summed E-state index contributed by atoms with van der Waals surface area (Å²) in [6.07, 6.45) is 6.66. The van der Waals surface area contributed by atoms with E-state index in [1.54, 1.807) is 48.5 Å². The van der Waals surface area contributed by atoms with Crippen molar-refractivity contribution in [3.63, 3.8) is 0 Å². The molecule has 0 aromatic heterocycles. The number of aromatic carboxylic acids is 1. The second-order valence-electron chi connectivity index (χ2n) is 11.8. The van der Waals surface area contributed by atoms with Crippen LogP contribution in [0.3, 0.4) is 0 Å². The predicted octanol–water partition coefficient (Wildman–Crippen LogP) is 7.24.